The highest BCUT2D eigenvalue weighted by atomic mass is 16.7. The van der Waals surface area contributed by atoms with Gasteiger partial charge in [-0.05, 0) is 90.6 Å². The number of nitrogens with zero attached hydrogens (tertiary/aromatic N) is 1. The Bertz CT molecular complexity index is 1430. The third-order valence-electron chi connectivity index (χ3n) is 8.61. The number of aromatic nitrogens is 1. The first-order valence-electron chi connectivity index (χ1n) is 14.3. The Morgan fingerprint density at radius 1 is 0.949 bits per heavy atom. The second-order valence-electron chi connectivity index (χ2n) is 11.1. The van der Waals surface area contributed by atoms with Gasteiger partial charge in [0.25, 0.3) is 0 Å². The Morgan fingerprint density at radius 3 is 2.67 bits per heavy atom. The lowest BCUT2D eigenvalue weighted by Crippen LogP contribution is -2.40. The Labute approximate surface area is 229 Å². The van der Waals surface area contributed by atoms with Crippen LogP contribution >= 0.6 is 0 Å². The molecule has 6 nitrogen and oxygen atoms in total. The van der Waals surface area contributed by atoms with Crippen molar-refractivity contribution in [3.8, 4) is 17.2 Å². The average Bonchev–Trinajstić information content (AvgIpc) is 3.61. The molecule has 4 aromatic rings. The lowest BCUT2D eigenvalue weighted by atomic mass is 9.87. The Balaban J connectivity index is 1.12. The Morgan fingerprint density at radius 2 is 1.79 bits per heavy atom. The molecule has 4 heterocycles. The van der Waals surface area contributed by atoms with Gasteiger partial charge in [0.2, 0.25) is 6.79 Å². The molecule has 1 fully saturated rings. The fourth-order valence-corrected chi connectivity index (χ4v) is 6.45. The van der Waals surface area contributed by atoms with Crippen molar-refractivity contribution in [2.45, 2.75) is 44.8 Å². The summed E-state index contributed by atoms with van der Waals surface area (Å²) in [5.41, 5.74) is 6.48. The SMILES string of the molecule is c1ccc(COc2ccc3[nH]cc(CCC4c5cc6c(cc5CCN4CC4CCOCC4)OCO6)c3c2)cc1. The number of aryl methyl sites for hydroxylation is 1. The number of hydrogen-bond donors (Lipinski definition) is 1. The van der Waals surface area contributed by atoms with Crippen molar-refractivity contribution in [1.29, 1.82) is 0 Å². The molecule has 1 N–H and O–H groups in total. The molecule has 3 aliphatic heterocycles. The van der Waals surface area contributed by atoms with Gasteiger partial charge in [0, 0.05) is 49.4 Å². The number of rotatable bonds is 8. The quantitative estimate of drug-likeness (QED) is 0.288. The van der Waals surface area contributed by atoms with E-state index in [4.69, 9.17) is 18.9 Å². The monoisotopic (exact) mass is 524 g/mol. The molecular weight excluding hydrogens is 488 g/mol. The van der Waals surface area contributed by atoms with E-state index in [1.165, 1.54) is 27.6 Å². The van der Waals surface area contributed by atoms with E-state index in [0.29, 0.717) is 25.4 Å². The maximum atomic E-state index is 6.15. The molecule has 0 radical (unpaired) electrons. The molecule has 6 heteroatoms. The number of benzene rings is 3. The molecule has 1 saturated heterocycles. The maximum absolute atomic E-state index is 6.15. The van der Waals surface area contributed by atoms with Crippen molar-refractivity contribution in [2.24, 2.45) is 5.92 Å². The van der Waals surface area contributed by atoms with E-state index in [9.17, 15) is 0 Å². The minimum Gasteiger partial charge on any atom is -0.489 e. The van der Waals surface area contributed by atoms with Crippen molar-refractivity contribution in [1.82, 2.24) is 9.88 Å². The third kappa shape index (κ3) is 5.23. The van der Waals surface area contributed by atoms with Gasteiger partial charge >= 0.3 is 0 Å². The molecule has 0 aliphatic carbocycles. The first-order chi connectivity index (χ1) is 19.3. The van der Waals surface area contributed by atoms with Gasteiger partial charge in [-0.15, -0.1) is 0 Å². The molecule has 7 rings (SSSR count). The van der Waals surface area contributed by atoms with Crippen LogP contribution in [-0.2, 0) is 24.2 Å². The highest BCUT2D eigenvalue weighted by Gasteiger charge is 2.32. The maximum Gasteiger partial charge on any atom is 0.231 e. The zero-order chi connectivity index (χ0) is 26.0. The molecule has 0 bridgehead atoms. The molecule has 202 valence electrons. The van der Waals surface area contributed by atoms with Crippen molar-refractivity contribution in [2.75, 3.05) is 33.1 Å². The van der Waals surface area contributed by atoms with Gasteiger partial charge in [0.15, 0.2) is 11.5 Å². The number of nitrogens with one attached hydrogen (secondary N) is 1. The second-order valence-corrected chi connectivity index (χ2v) is 11.1. The van der Waals surface area contributed by atoms with Crippen LogP contribution in [0.4, 0.5) is 0 Å². The van der Waals surface area contributed by atoms with Gasteiger partial charge in [-0.3, -0.25) is 4.90 Å². The standard InChI is InChI=1S/C33H36N2O4/c1-2-4-24(5-3-1)21-37-27-7-8-30-28(17-27)26(19-34-30)6-9-31-29-18-33-32(38-22-39-33)16-25(29)10-13-35(31)20-23-11-14-36-15-12-23/h1-5,7-8,16-19,23,31,34H,6,9-15,20-22H2. The van der Waals surface area contributed by atoms with Crippen molar-refractivity contribution >= 4 is 10.9 Å². The minimum atomic E-state index is 0.318. The lowest BCUT2D eigenvalue weighted by Gasteiger charge is -2.40. The molecule has 39 heavy (non-hydrogen) atoms. The summed E-state index contributed by atoms with van der Waals surface area (Å²) in [6.45, 7) is 4.89. The zero-order valence-corrected chi connectivity index (χ0v) is 22.4. The first kappa shape index (κ1) is 24.6. The van der Waals surface area contributed by atoms with Crippen LogP contribution in [0.2, 0.25) is 0 Å². The van der Waals surface area contributed by atoms with Crippen molar-refractivity contribution < 1.29 is 18.9 Å². The number of ether oxygens (including phenoxy) is 4. The molecule has 3 aromatic carbocycles. The van der Waals surface area contributed by atoms with Crippen LogP contribution < -0.4 is 14.2 Å². The second kappa shape index (κ2) is 10.9. The molecule has 0 saturated carbocycles. The molecule has 1 unspecified atom stereocenters. The fourth-order valence-electron chi connectivity index (χ4n) is 6.45. The largest absolute Gasteiger partial charge is 0.489 e. The van der Waals surface area contributed by atoms with Crippen LogP contribution in [0.3, 0.4) is 0 Å². The molecule has 3 aliphatic rings. The van der Waals surface area contributed by atoms with E-state index in [1.807, 2.05) is 18.2 Å². The number of aromatic amines is 1. The average molecular weight is 525 g/mol. The summed E-state index contributed by atoms with van der Waals surface area (Å²) in [5, 5.41) is 1.25. The lowest BCUT2D eigenvalue weighted by molar-refractivity contribution is 0.0423. The summed E-state index contributed by atoms with van der Waals surface area (Å²) >= 11 is 0. The van der Waals surface area contributed by atoms with Crippen LogP contribution in [0.25, 0.3) is 10.9 Å². The molecule has 0 spiro atoms. The molecular formula is C33H36N2O4. The Kier molecular flexibility index (Phi) is 6.89. The van der Waals surface area contributed by atoms with E-state index >= 15 is 0 Å². The Hall–Kier alpha value is -3.48. The smallest absolute Gasteiger partial charge is 0.231 e. The highest BCUT2D eigenvalue weighted by Crippen LogP contribution is 2.42. The number of H-pyrrole nitrogens is 1. The van der Waals surface area contributed by atoms with Crippen LogP contribution in [0.15, 0.2) is 66.9 Å². The summed E-state index contributed by atoms with van der Waals surface area (Å²) in [4.78, 5) is 6.21. The predicted molar refractivity (Wildman–Crippen MR) is 152 cm³/mol. The van der Waals surface area contributed by atoms with Crippen LogP contribution in [0.5, 0.6) is 17.2 Å². The minimum absolute atomic E-state index is 0.318. The topological polar surface area (TPSA) is 56.0 Å². The summed E-state index contributed by atoms with van der Waals surface area (Å²) in [6.07, 6.45) is 7.60. The molecule has 0 amide bonds. The van der Waals surface area contributed by atoms with Gasteiger partial charge in [-0.1, -0.05) is 30.3 Å². The molecule has 1 aromatic heterocycles. The van der Waals surface area contributed by atoms with E-state index in [-0.39, 0.29) is 0 Å². The summed E-state index contributed by atoms with van der Waals surface area (Å²) < 4.78 is 23.3. The van der Waals surface area contributed by atoms with E-state index in [2.05, 4.69) is 58.5 Å². The predicted octanol–water partition coefficient (Wildman–Crippen LogP) is 6.43. The van der Waals surface area contributed by atoms with E-state index in [0.717, 1.165) is 81.2 Å². The highest BCUT2D eigenvalue weighted by molar-refractivity contribution is 5.84. The van der Waals surface area contributed by atoms with E-state index < -0.39 is 0 Å². The zero-order valence-electron chi connectivity index (χ0n) is 22.4. The summed E-state index contributed by atoms with van der Waals surface area (Å²) in [7, 11) is 0. The molecule has 1 atom stereocenters. The van der Waals surface area contributed by atoms with Gasteiger partial charge in [0.1, 0.15) is 12.4 Å². The van der Waals surface area contributed by atoms with Crippen molar-refractivity contribution in [3.63, 3.8) is 0 Å². The third-order valence-corrected chi connectivity index (χ3v) is 8.61. The van der Waals surface area contributed by atoms with E-state index in [1.54, 1.807) is 0 Å². The summed E-state index contributed by atoms with van der Waals surface area (Å²) in [5.74, 6) is 3.39. The number of fused-ring (bicyclic) bond motifs is 3. The fraction of sp³-hybridized carbons (Fsp3) is 0.394. The van der Waals surface area contributed by atoms with Gasteiger partial charge < -0.3 is 23.9 Å². The van der Waals surface area contributed by atoms with Gasteiger partial charge in [-0.25, -0.2) is 0 Å². The van der Waals surface area contributed by atoms with Crippen LogP contribution in [-0.4, -0.2) is 43.0 Å². The van der Waals surface area contributed by atoms with Gasteiger partial charge in [0.05, 0.1) is 0 Å². The normalized spacial score (nSPS) is 19.3. The number of hydrogen-bond acceptors (Lipinski definition) is 5. The van der Waals surface area contributed by atoms with Crippen molar-refractivity contribution in [3.05, 3.63) is 89.1 Å². The first-order valence-corrected chi connectivity index (χ1v) is 14.3. The van der Waals surface area contributed by atoms with Crippen LogP contribution in [0, 0.1) is 5.92 Å². The van der Waals surface area contributed by atoms with Crippen LogP contribution in [0.1, 0.15) is 47.6 Å². The summed E-state index contributed by atoms with van der Waals surface area (Å²) in [6, 6.07) is 21.5. The van der Waals surface area contributed by atoms with Gasteiger partial charge in [-0.2, -0.15) is 0 Å².